The Morgan fingerprint density at radius 3 is 2.63 bits per heavy atom. The Balaban J connectivity index is 1.79. The highest BCUT2D eigenvalue weighted by Gasteiger charge is 2.17. The number of hydrogen-bond donors (Lipinski definition) is 0. The zero-order valence-electron chi connectivity index (χ0n) is 11.2. The lowest BCUT2D eigenvalue weighted by Crippen LogP contribution is -2.30. The minimum absolute atomic E-state index is 0.0844. The average molecular weight is 255 g/mol. The van der Waals surface area contributed by atoms with Crippen molar-refractivity contribution in [3.8, 4) is 0 Å². The van der Waals surface area contributed by atoms with E-state index in [1.807, 2.05) is 13.0 Å². The van der Waals surface area contributed by atoms with Crippen LogP contribution in [-0.4, -0.2) is 11.4 Å². The fraction of sp³-hybridized carbons (Fsp3) is 0.294. The predicted molar refractivity (Wildman–Crippen MR) is 75.4 cm³/mol. The van der Waals surface area contributed by atoms with E-state index in [0.717, 1.165) is 30.6 Å². The van der Waals surface area contributed by atoms with Gasteiger partial charge in [-0.3, -0.25) is 4.90 Å². The maximum atomic E-state index is 13.9. The van der Waals surface area contributed by atoms with Crippen LogP contribution in [0.5, 0.6) is 0 Å². The molecule has 0 spiro atoms. The summed E-state index contributed by atoms with van der Waals surface area (Å²) in [6, 6.07) is 13.9. The fourth-order valence-corrected chi connectivity index (χ4v) is 2.78. The Hall–Kier alpha value is -1.67. The maximum absolute atomic E-state index is 13.9. The summed E-state index contributed by atoms with van der Waals surface area (Å²) in [7, 11) is 0. The average Bonchev–Trinajstić information content (AvgIpc) is 2.43. The first-order chi connectivity index (χ1) is 9.24. The molecule has 2 aromatic rings. The first-order valence-electron chi connectivity index (χ1n) is 6.77. The number of aryl methyl sites for hydroxylation is 1. The lowest BCUT2D eigenvalue weighted by molar-refractivity contribution is 0.241. The number of fused-ring (bicyclic) bond motifs is 1. The summed E-state index contributed by atoms with van der Waals surface area (Å²) in [6.45, 7) is 4.61. The topological polar surface area (TPSA) is 3.24 Å². The highest BCUT2D eigenvalue weighted by atomic mass is 19.1. The lowest BCUT2D eigenvalue weighted by atomic mass is 9.99. The molecule has 0 saturated heterocycles. The molecular formula is C17H18FN. The van der Waals surface area contributed by atoms with E-state index in [4.69, 9.17) is 0 Å². The highest BCUT2D eigenvalue weighted by Crippen LogP contribution is 2.22. The largest absolute Gasteiger partial charge is 0.294 e. The lowest BCUT2D eigenvalue weighted by Gasteiger charge is -2.29. The van der Waals surface area contributed by atoms with Gasteiger partial charge in [-0.1, -0.05) is 36.4 Å². The van der Waals surface area contributed by atoms with E-state index in [0.29, 0.717) is 6.54 Å². The summed E-state index contributed by atoms with van der Waals surface area (Å²) in [4.78, 5) is 2.33. The van der Waals surface area contributed by atoms with Crippen molar-refractivity contribution in [2.24, 2.45) is 0 Å². The van der Waals surface area contributed by atoms with E-state index in [-0.39, 0.29) is 5.82 Å². The van der Waals surface area contributed by atoms with E-state index in [9.17, 15) is 4.39 Å². The predicted octanol–water partition coefficient (Wildman–Crippen LogP) is 3.69. The van der Waals surface area contributed by atoms with Gasteiger partial charge in [0.05, 0.1) is 0 Å². The summed E-state index contributed by atoms with van der Waals surface area (Å²) in [5, 5.41) is 0. The molecule has 2 heteroatoms. The summed E-state index contributed by atoms with van der Waals surface area (Å²) in [6.07, 6.45) is 1.06. The second-order valence-electron chi connectivity index (χ2n) is 5.26. The van der Waals surface area contributed by atoms with Crippen molar-refractivity contribution < 1.29 is 4.39 Å². The first kappa shape index (κ1) is 12.4. The van der Waals surface area contributed by atoms with Crippen LogP contribution in [0, 0.1) is 12.7 Å². The molecule has 0 amide bonds. The molecule has 0 saturated carbocycles. The van der Waals surface area contributed by atoms with Gasteiger partial charge in [-0.15, -0.1) is 0 Å². The number of nitrogens with zero attached hydrogens (tertiary/aromatic N) is 1. The van der Waals surface area contributed by atoms with E-state index in [1.165, 1.54) is 11.1 Å². The SMILES string of the molecule is Cc1cccc(F)c1CN1CCc2ccccc2C1. The monoisotopic (exact) mass is 255 g/mol. The van der Waals surface area contributed by atoms with E-state index in [1.54, 1.807) is 12.1 Å². The number of rotatable bonds is 2. The van der Waals surface area contributed by atoms with Gasteiger partial charge in [0.25, 0.3) is 0 Å². The summed E-state index contributed by atoms with van der Waals surface area (Å²) >= 11 is 0. The zero-order valence-corrected chi connectivity index (χ0v) is 11.2. The number of benzene rings is 2. The highest BCUT2D eigenvalue weighted by molar-refractivity contribution is 5.31. The molecule has 0 aromatic heterocycles. The fourth-order valence-electron chi connectivity index (χ4n) is 2.78. The quantitative estimate of drug-likeness (QED) is 0.791. The Morgan fingerprint density at radius 2 is 1.84 bits per heavy atom. The Morgan fingerprint density at radius 1 is 1.05 bits per heavy atom. The smallest absolute Gasteiger partial charge is 0.127 e. The molecule has 0 unspecified atom stereocenters. The number of halogens is 1. The second-order valence-corrected chi connectivity index (χ2v) is 5.26. The molecule has 1 aliphatic heterocycles. The molecule has 0 bridgehead atoms. The molecule has 0 N–H and O–H groups in total. The molecular weight excluding hydrogens is 237 g/mol. The molecule has 2 aromatic carbocycles. The minimum Gasteiger partial charge on any atom is -0.294 e. The van der Waals surface area contributed by atoms with Gasteiger partial charge in [0.1, 0.15) is 5.82 Å². The van der Waals surface area contributed by atoms with Crippen molar-refractivity contribution in [2.75, 3.05) is 6.54 Å². The van der Waals surface area contributed by atoms with Crippen LogP contribution in [0.3, 0.4) is 0 Å². The summed E-state index contributed by atoms with van der Waals surface area (Å²) in [5.74, 6) is -0.0844. The Kier molecular flexibility index (Phi) is 3.34. The van der Waals surface area contributed by atoms with Crippen molar-refractivity contribution in [3.05, 3.63) is 70.5 Å². The van der Waals surface area contributed by atoms with Crippen LogP contribution in [0.1, 0.15) is 22.3 Å². The molecule has 1 nitrogen and oxygen atoms in total. The van der Waals surface area contributed by atoms with E-state index < -0.39 is 0 Å². The van der Waals surface area contributed by atoms with Gasteiger partial charge < -0.3 is 0 Å². The van der Waals surface area contributed by atoms with Crippen LogP contribution < -0.4 is 0 Å². The van der Waals surface area contributed by atoms with Crippen LogP contribution in [0.25, 0.3) is 0 Å². The molecule has 3 rings (SSSR count). The molecule has 1 heterocycles. The summed E-state index contributed by atoms with van der Waals surface area (Å²) < 4.78 is 13.9. The van der Waals surface area contributed by atoms with Crippen LogP contribution in [0.2, 0.25) is 0 Å². The van der Waals surface area contributed by atoms with Crippen LogP contribution in [0.4, 0.5) is 4.39 Å². The molecule has 98 valence electrons. The minimum atomic E-state index is -0.0844. The molecule has 19 heavy (non-hydrogen) atoms. The van der Waals surface area contributed by atoms with Gasteiger partial charge in [0, 0.05) is 25.2 Å². The van der Waals surface area contributed by atoms with E-state index >= 15 is 0 Å². The van der Waals surface area contributed by atoms with Crippen molar-refractivity contribution >= 4 is 0 Å². The molecule has 1 aliphatic rings. The van der Waals surface area contributed by atoms with Crippen LogP contribution in [-0.2, 0) is 19.5 Å². The third-order valence-corrected chi connectivity index (χ3v) is 3.94. The van der Waals surface area contributed by atoms with Gasteiger partial charge in [-0.2, -0.15) is 0 Å². The second kappa shape index (κ2) is 5.14. The van der Waals surface area contributed by atoms with Crippen molar-refractivity contribution in [1.82, 2.24) is 4.90 Å². The molecule has 0 atom stereocenters. The van der Waals surface area contributed by atoms with Crippen molar-refractivity contribution in [2.45, 2.75) is 26.4 Å². The van der Waals surface area contributed by atoms with Gasteiger partial charge in [-0.25, -0.2) is 4.39 Å². The van der Waals surface area contributed by atoms with Crippen molar-refractivity contribution in [3.63, 3.8) is 0 Å². The zero-order chi connectivity index (χ0) is 13.2. The maximum Gasteiger partial charge on any atom is 0.127 e. The summed E-state index contributed by atoms with van der Waals surface area (Å²) in [5.41, 5.74) is 4.69. The van der Waals surface area contributed by atoms with E-state index in [2.05, 4.69) is 29.2 Å². The standard InChI is InChI=1S/C17H18FN/c1-13-5-4-8-17(18)16(13)12-19-10-9-14-6-2-3-7-15(14)11-19/h2-8H,9-12H2,1H3. The Labute approximate surface area is 113 Å². The third kappa shape index (κ3) is 2.54. The third-order valence-electron chi connectivity index (χ3n) is 3.94. The van der Waals surface area contributed by atoms with Crippen LogP contribution in [0.15, 0.2) is 42.5 Å². The molecule has 0 radical (unpaired) electrons. The number of hydrogen-bond acceptors (Lipinski definition) is 1. The molecule has 0 aliphatic carbocycles. The van der Waals surface area contributed by atoms with Gasteiger partial charge in [-0.05, 0) is 36.1 Å². The van der Waals surface area contributed by atoms with Gasteiger partial charge >= 0.3 is 0 Å². The van der Waals surface area contributed by atoms with Crippen LogP contribution >= 0.6 is 0 Å². The van der Waals surface area contributed by atoms with Gasteiger partial charge in [0.15, 0.2) is 0 Å². The first-order valence-corrected chi connectivity index (χ1v) is 6.77. The molecule has 0 fully saturated rings. The van der Waals surface area contributed by atoms with Crippen molar-refractivity contribution in [1.29, 1.82) is 0 Å². The normalized spacial score (nSPS) is 15.3. The Bertz CT molecular complexity index is 571. The van der Waals surface area contributed by atoms with Gasteiger partial charge in [0.2, 0.25) is 0 Å².